The third kappa shape index (κ3) is 7.18. The van der Waals surface area contributed by atoms with Gasteiger partial charge in [0.05, 0.1) is 16.6 Å². The SMILES string of the molecule is Cc1ccnc2c(-c3[c-]c(-c4cc(-c5ccc(C(F)(F)F)cc5)cc5sc(-c6cc(C(C)(C)C)ccc6O)nc45)ccc3)cc(C(C)(C)C)cc12.[Pt]. The minimum Gasteiger partial charge on any atom is -0.507 e. The molecule has 268 valence electrons. The number of nitrogens with zero attached hydrogens (tertiary/aromatic N) is 2. The maximum Gasteiger partial charge on any atom is 0.416 e. The van der Waals surface area contributed by atoms with Gasteiger partial charge in [0.15, 0.2) is 0 Å². The van der Waals surface area contributed by atoms with E-state index >= 15 is 0 Å². The Morgan fingerprint density at radius 2 is 1.27 bits per heavy atom. The number of aryl methyl sites for hydroxylation is 1. The van der Waals surface area contributed by atoms with Crippen molar-refractivity contribution >= 4 is 32.5 Å². The van der Waals surface area contributed by atoms with Gasteiger partial charge in [-0.15, -0.1) is 46.7 Å². The van der Waals surface area contributed by atoms with Crippen LogP contribution in [0.25, 0.3) is 65.1 Å². The Morgan fingerprint density at radius 1 is 0.654 bits per heavy atom. The van der Waals surface area contributed by atoms with Gasteiger partial charge in [-0.05, 0) is 87.4 Å². The Labute approximate surface area is 320 Å². The van der Waals surface area contributed by atoms with Crippen LogP contribution < -0.4 is 0 Å². The first-order valence-corrected chi connectivity index (χ1v) is 17.7. The first-order chi connectivity index (χ1) is 24.0. The molecule has 0 fully saturated rings. The van der Waals surface area contributed by atoms with Crippen LogP contribution in [-0.2, 0) is 38.1 Å². The predicted molar refractivity (Wildman–Crippen MR) is 204 cm³/mol. The first-order valence-electron chi connectivity index (χ1n) is 16.9. The number of pyridine rings is 1. The summed E-state index contributed by atoms with van der Waals surface area (Å²) in [5, 5.41) is 12.7. The Kier molecular flexibility index (Phi) is 9.78. The van der Waals surface area contributed by atoms with E-state index in [0.717, 1.165) is 72.2 Å². The molecule has 1 N–H and O–H groups in total. The predicted octanol–water partition coefficient (Wildman–Crippen LogP) is 12.9. The number of aromatic nitrogens is 2. The molecule has 2 aromatic heterocycles. The molecule has 52 heavy (non-hydrogen) atoms. The van der Waals surface area contributed by atoms with Gasteiger partial charge in [-0.2, -0.15) is 13.2 Å². The van der Waals surface area contributed by atoms with Gasteiger partial charge in [0, 0.05) is 37.5 Å². The van der Waals surface area contributed by atoms with Crippen LogP contribution in [0.2, 0.25) is 0 Å². The van der Waals surface area contributed by atoms with Crippen molar-refractivity contribution in [3.05, 3.63) is 126 Å². The summed E-state index contributed by atoms with van der Waals surface area (Å²) in [7, 11) is 0. The summed E-state index contributed by atoms with van der Waals surface area (Å²) < 4.78 is 41.2. The van der Waals surface area contributed by atoms with E-state index < -0.39 is 11.7 Å². The Bertz CT molecular complexity index is 2450. The molecule has 7 aromatic rings. The molecule has 0 saturated heterocycles. The maximum atomic E-state index is 13.5. The zero-order valence-corrected chi connectivity index (χ0v) is 33.0. The zero-order valence-electron chi connectivity index (χ0n) is 29.9. The Balaban J connectivity index is 0.00000464. The molecule has 0 bridgehead atoms. The van der Waals surface area contributed by atoms with Crippen LogP contribution in [0.1, 0.15) is 63.8 Å². The van der Waals surface area contributed by atoms with Crippen LogP contribution in [0.4, 0.5) is 13.2 Å². The van der Waals surface area contributed by atoms with Crippen molar-refractivity contribution in [3.8, 4) is 49.7 Å². The molecule has 5 aromatic carbocycles. The number of phenolic OH excluding ortho intramolecular Hbond substituents is 1. The van der Waals surface area contributed by atoms with Crippen LogP contribution in [0.5, 0.6) is 5.75 Å². The zero-order chi connectivity index (χ0) is 36.5. The van der Waals surface area contributed by atoms with Gasteiger partial charge < -0.3 is 5.11 Å². The molecule has 0 radical (unpaired) electrons. The summed E-state index contributed by atoms with van der Waals surface area (Å²) in [6, 6.07) is 30.9. The Morgan fingerprint density at radius 3 is 1.90 bits per heavy atom. The molecule has 7 rings (SSSR count). The van der Waals surface area contributed by atoms with Crippen molar-refractivity contribution in [1.29, 1.82) is 0 Å². The number of benzene rings is 5. The third-order valence-corrected chi connectivity index (χ3v) is 10.5. The van der Waals surface area contributed by atoms with Crippen LogP contribution in [-0.4, -0.2) is 15.1 Å². The smallest absolute Gasteiger partial charge is 0.416 e. The second-order valence-electron chi connectivity index (χ2n) is 15.2. The number of fused-ring (bicyclic) bond motifs is 2. The third-order valence-electron chi connectivity index (χ3n) is 9.44. The Hall–Kier alpha value is -4.32. The van der Waals surface area contributed by atoms with Crippen molar-refractivity contribution in [2.75, 3.05) is 0 Å². The van der Waals surface area contributed by atoms with E-state index in [9.17, 15) is 18.3 Å². The minimum atomic E-state index is -4.43. The van der Waals surface area contributed by atoms with Gasteiger partial charge in [0.1, 0.15) is 10.8 Å². The first kappa shape index (κ1) is 37.4. The van der Waals surface area contributed by atoms with Crippen LogP contribution in [0.15, 0.2) is 97.2 Å². The van der Waals surface area contributed by atoms with Gasteiger partial charge >= 0.3 is 6.18 Å². The van der Waals surface area contributed by atoms with E-state index in [0.29, 0.717) is 16.1 Å². The van der Waals surface area contributed by atoms with E-state index in [1.807, 2.05) is 54.7 Å². The fraction of sp³-hybridized carbons (Fsp3) is 0.227. The largest absolute Gasteiger partial charge is 0.507 e. The molecule has 0 unspecified atom stereocenters. The number of hydrogen-bond acceptors (Lipinski definition) is 4. The topological polar surface area (TPSA) is 46.0 Å². The molecular weight excluding hydrogens is 857 g/mol. The van der Waals surface area contributed by atoms with Gasteiger partial charge in [-0.3, -0.25) is 4.98 Å². The molecule has 0 atom stereocenters. The summed E-state index contributed by atoms with van der Waals surface area (Å²) in [6.07, 6.45) is -2.60. The average Bonchev–Trinajstić information content (AvgIpc) is 3.51. The van der Waals surface area contributed by atoms with Crippen molar-refractivity contribution in [3.63, 3.8) is 0 Å². The molecule has 0 amide bonds. The fourth-order valence-corrected chi connectivity index (χ4v) is 7.41. The minimum absolute atomic E-state index is 0. The number of thiazole rings is 1. The number of alkyl halides is 3. The van der Waals surface area contributed by atoms with Gasteiger partial charge in [0.25, 0.3) is 0 Å². The van der Waals surface area contributed by atoms with E-state index in [1.54, 1.807) is 6.07 Å². The van der Waals surface area contributed by atoms with Gasteiger partial charge in [-0.1, -0.05) is 89.1 Å². The van der Waals surface area contributed by atoms with Crippen LogP contribution in [0.3, 0.4) is 0 Å². The fourth-order valence-electron chi connectivity index (χ4n) is 6.35. The normalized spacial score (nSPS) is 12.3. The van der Waals surface area contributed by atoms with Gasteiger partial charge in [0.2, 0.25) is 0 Å². The number of rotatable bonds is 4. The molecule has 2 heterocycles. The van der Waals surface area contributed by atoms with Crippen LogP contribution >= 0.6 is 11.3 Å². The van der Waals surface area contributed by atoms with E-state index in [1.165, 1.54) is 29.0 Å². The van der Waals surface area contributed by atoms with Crippen molar-refractivity contribution in [1.82, 2.24) is 9.97 Å². The average molecular weight is 895 g/mol. The monoisotopic (exact) mass is 894 g/mol. The van der Waals surface area contributed by atoms with E-state index in [2.05, 4.69) is 66.7 Å². The molecule has 0 saturated carbocycles. The number of halogens is 3. The molecule has 8 heteroatoms. The summed E-state index contributed by atoms with van der Waals surface area (Å²) in [5.41, 5.74) is 9.54. The second-order valence-corrected chi connectivity index (χ2v) is 16.3. The molecule has 3 nitrogen and oxygen atoms in total. The summed E-state index contributed by atoms with van der Waals surface area (Å²) in [4.78, 5) is 9.92. The molecule has 0 aliphatic heterocycles. The maximum absolute atomic E-state index is 13.5. The molecule has 0 spiro atoms. The number of phenols is 1. The van der Waals surface area contributed by atoms with E-state index in [-0.39, 0.29) is 37.6 Å². The van der Waals surface area contributed by atoms with Crippen LogP contribution in [0, 0.1) is 13.0 Å². The van der Waals surface area contributed by atoms with Crippen molar-refractivity contribution in [2.24, 2.45) is 0 Å². The summed E-state index contributed by atoms with van der Waals surface area (Å²) >= 11 is 1.44. The molecule has 0 aliphatic carbocycles. The summed E-state index contributed by atoms with van der Waals surface area (Å²) in [5.74, 6) is 0.133. The van der Waals surface area contributed by atoms with Crippen molar-refractivity contribution < 1.29 is 39.3 Å². The molecule has 0 aliphatic rings. The standard InChI is InChI=1S/C44H38F3N2OS.Pt/c1-25-17-18-48-39-33(25)23-32(43(5,6)7)24-35(39)28-10-8-9-27(19-28)34-20-29(26-11-13-30(14-12-26)44(45,46)47)21-38-40(34)49-41(51-38)36-22-31(42(2,3)4)15-16-37(36)50;/h8-18,20-24,50H,1-7H3;/q-1;. The van der Waals surface area contributed by atoms with Gasteiger partial charge in [-0.25, -0.2) is 4.98 Å². The quantitative estimate of drug-likeness (QED) is 0.179. The van der Waals surface area contributed by atoms with E-state index in [4.69, 9.17) is 9.97 Å². The van der Waals surface area contributed by atoms with Crippen molar-refractivity contribution in [2.45, 2.75) is 65.5 Å². The number of aromatic hydroxyl groups is 1. The number of hydrogen-bond donors (Lipinski definition) is 1. The second kappa shape index (κ2) is 13.6. The molecular formula is C44H38F3N2OPtS-. The summed E-state index contributed by atoms with van der Waals surface area (Å²) in [6.45, 7) is 15.0.